The lowest BCUT2D eigenvalue weighted by Crippen LogP contribution is -2.26. The Morgan fingerprint density at radius 1 is 1.34 bits per heavy atom. The molecule has 0 aliphatic carbocycles. The van der Waals surface area contributed by atoms with Crippen molar-refractivity contribution in [3.05, 3.63) is 46.6 Å². The maximum absolute atomic E-state index is 12.6. The number of aryl methyl sites for hydroxylation is 1. The van der Waals surface area contributed by atoms with Gasteiger partial charge in [0.15, 0.2) is 6.61 Å². The van der Waals surface area contributed by atoms with E-state index in [4.69, 9.17) is 21.1 Å². The van der Waals surface area contributed by atoms with Gasteiger partial charge in [-0.25, -0.2) is 9.78 Å². The molecule has 1 aromatic heterocycles. The number of pyridine rings is 1. The van der Waals surface area contributed by atoms with Crippen LogP contribution >= 0.6 is 23.4 Å². The number of likely N-dealkylation sites (tertiary alicyclic amines) is 1. The first-order valence-electron chi connectivity index (χ1n) is 9.44. The molecule has 1 saturated heterocycles. The van der Waals surface area contributed by atoms with E-state index in [0.717, 1.165) is 22.2 Å². The molecule has 32 heavy (non-hydrogen) atoms. The van der Waals surface area contributed by atoms with Crippen molar-refractivity contribution in [3.8, 4) is 5.75 Å². The Morgan fingerprint density at radius 2 is 2.09 bits per heavy atom. The Bertz CT molecular complexity index is 1090. The Balaban J connectivity index is 1.65. The Kier molecular flexibility index (Phi) is 7.37. The number of nitrogens with one attached hydrogen (secondary N) is 1. The summed E-state index contributed by atoms with van der Waals surface area (Å²) in [6.45, 7) is 1.23. The quantitative estimate of drug-likeness (QED) is 0.478. The fourth-order valence-corrected chi connectivity index (χ4v) is 4.22. The second kappa shape index (κ2) is 10.0. The van der Waals surface area contributed by atoms with E-state index >= 15 is 0 Å². The molecule has 0 bridgehead atoms. The molecule has 1 aliphatic rings. The minimum absolute atomic E-state index is 0.0236. The van der Waals surface area contributed by atoms with Crippen molar-refractivity contribution in [2.75, 3.05) is 26.1 Å². The zero-order valence-corrected chi connectivity index (χ0v) is 19.1. The highest BCUT2D eigenvalue weighted by molar-refractivity contribution is 8.00. The highest BCUT2D eigenvalue weighted by atomic mass is 35.5. The molecule has 1 aromatic carbocycles. The maximum atomic E-state index is 12.6. The number of halogens is 1. The number of anilines is 1. The number of esters is 1. The molecule has 0 saturated carbocycles. The van der Waals surface area contributed by atoms with Gasteiger partial charge in [-0.3, -0.25) is 19.3 Å². The first-order chi connectivity index (χ1) is 15.2. The lowest BCUT2D eigenvalue weighted by atomic mass is 10.2. The number of hydrogen-bond donors (Lipinski definition) is 1. The van der Waals surface area contributed by atoms with Gasteiger partial charge in [0.25, 0.3) is 5.91 Å². The predicted molar refractivity (Wildman–Crippen MR) is 118 cm³/mol. The Labute approximate surface area is 193 Å². The molecule has 0 spiro atoms. The van der Waals surface area contributed by atoms with Gasteiger partial charge in [-0.15, -0.1) is 0 Å². The molecule has 11 heteroatoms. The van der Waals surface area contributed by atoms with Gasteiger partial charge in [-0.05, 0) is 30.7 Å². The molecule has 1 aliphatic heterocycles. The van der Waals surface area contributed by atoms with Crippen LogP contribution in [0.1, 0.15) is 22.3 Å². The number of benzene rings is 1. The van der Waals surface area contributed by atoms with Crippen molar-refractivity contribution in [1.29, 1.82) is 0 Å². The number of ether oxygens (including phenoxy) is 2. The molecule has 0 radical (unpaired) electrons. The zero-order chi connectivity index (χ0) is 23.4. The highest BCUT2D eigenvalue weighted by Gasteiger charge is 2.37. The lowest BCUT2D eigenvalue weighted by molar-refractivity contribution is -0.136. The summed E-state index contributed by atoms with van der Waals surface area (Å²) in [6, 6.07) is 6.24. The van der Waals surface area contributed by atoms with Crippen molar-refractivity contribution in [2.24, 2.45) is 0 Å². The Hall–Kier alpha value is -3.11. The molecular formula is C21H20ClN3O6S. The van der Waals surface area contributed by atoms with Crippen LogP contribution in [0.15, 0.2) is 35.5 Å². The van der Waals surface area contributed by atoms with Crippen molar-refractivity contribution < 1.29 is 28.7 Å². The summed E-state index contributed by atoms with van der Waals surface area (Å²) in [7, 11) is 2.85. The number of rotatable bonds is 7. The second-order valence-corrected chi connectivity index (χ2v) is 8.48. The van der Waals surface area contributed by atoms with Gasteiger partial charge in [0.1, 0.15) is 10.8 Å². The number of carbonyl (C=O) groups excluding carboxylic acids is 4. The number of aromatic nitrogens is 1. The monoisotopic (exact) mass is 477 g/mol. The van der Waals surface area contributed by atoms with Crippen molar-refractivity contribution >= 4 is 52.7 Å². The first kappa shape index (κ1) is 23.6. The zero-order valence-electron chi connectivity index (χ0n) is 17.5. The summed E-state index contributed by atoms with van der Waals surface area (Å²) >= 11 is 7.07. The SMILES string of the molecule is COc1cc(Cl)c(C)cc1NC(=O)COC(=O)c1cccnc1SC1CC(=O)N(C)C1=O. The van der Waals surface area contributed by atoms with Crippen LogP contribution in [0.3, 0.4) is 0 Å². The van der Waals surface area contributed by atoms with Gasteiger partial charge >= 0.3 is 5.97 Å². The number of methoxy groups -OCH3 is 1. The van der Waals surface area contributed by atoms with Gasteiger partial charge in [0.05, 0.1) is 23.6 Å². The number of imide groups is 1. The van der Waals surface area contributed by atoms with Crippen LogP contribution in [-0.2, 0) is 19.1 Å². The fourth-order valence-electron chi connectivity index (χ4n) is 2.91. The molecular weight excluding hydrogens is 458 g/mol. The number of carbonyl (C=O) groups is 4. The third-order valence-electron chi connectivity index (χ3n) is 4.67. The fraction of sp³-hybridized carbons (Fsp3) is 0.286. The van der Waals surface area contributed by atoms with Crippen LogP contribution in [0, 0.1) is 6.92 Å². The van der Waals surface area contributed by atoms with E-state index in [1.165, 1.54) is 32.5 Å². The predicted octanol–water partition coefficient (Wildman–Crippen LogP) is 2.70. The Morgan fingerprint density at radius 3 is 2.75 bits per heavy atom. The van der Waals surface area contributed by atoms with Crippen LogP contribution in [0.5, 0.6) is 5.75 Å². The van der Waals surface area contributed by atoms with Gasteiger partial charge < -0.3 is 14.8 Å². The van der Waals surface area contributed by atoms with E-state index < -0.39 is 23.7 Å². The topological polar surface area (TPSA) is 115 Å². The lowest BCUT2D eigenvalue weighted by Gasteiger charge is -2.13. The molecule has 3 rings (SSSR count). The van der Waals surface area contributed by atoms with Crippen LogP contribution < -0.4 is 10.1 Å². The third-order valence-corrected chi connectivity index (χ3v) is 6.28. The van der Waals surface area contributed by atoms with Gasteiger partial charge in [-0.2, -0.15) is 0 Å². The highest BCUT2D eigenvalue weighted by Crippen LogP contribution is 2.32. The summed E-state index contributed by atoms with van der Waals surface area (Å²) in [5.41, 5.74) is 1.23. The van der Waals surface area contributed by atoms with E-state index in [2.05, 4.69) is 10.3 Å². The van der Waals surface area contributed by atoms with Crippen LogP contribution in [0.4, 0.5) is 5.69 Å². The molecule has 1 atom stereocenters. The average Bonchev–Trinajstić information content (AvgIpc) is 3.01. The van der Waals surface area contributed by atoms with E-state index in [1.54, 1.807) is 19.1 Å². The molecule has 1 N–H and O–H groups in total. The summed E-state index contributed by atoms with van der Waals surface area (Å²) in [4.78, 5) is 54.0. The van der Waals surface area contributed by atoms with Crippen LogP contribution in [0.25, 0.3) is 0 Å². The molecule has 1 fully saturated rings. The third kappa shape index (κ3) is 5.20. The van der Waals surface area contributed by atoms with Crippen LogP contribution in [0.2, 0.25) is 5.02 Å². The van der Waals surface area contributed by atoms with Gasteiger partial charge in [-0.1, -0.05) is 23.4 Å². The molecule has 3 amide bonds. The number of hydrogen-bond acceptors (Lipinski definition) is 8. The largest absolute Gasteiger partial charge is 0.495 e. The van der Waals surface area contributed by atoms with E-state index in [1.807, 2.05) is 0 Å². The van der Waals surface area contributed by atoms with Crippen molar-refractivity contribution in [2.45, 2.75) is 23.6 Å². The number of amides is 3. The minimum Gasteiger partial charge on any atom is -0.495 e. The number of thioether (sulfide) groups is 1. The maximum Gasteiger partial charge on any atom is 0.341 e. The first-order valence-corrected chi connectivity index (χ1v) is 10.7. The summed E-state index contributed by atoms with van der Waals surface area (Å²) in [6.07, 6.45) is 1.49. The number of nitrogens with zero attached hydrogens (tertiary/aromatic N) is 2. The molecule has 1 unspecified atom stereocenters. The van der Waals surface area contributed by atoms with Gasteiger partial charge in [0, 0.05) is 30.8 Å². The van der Waals surface area contributed by atoms with E-state index in [-0.39, 0.29) is 28.8 Å². The summed E-state index contributed by atoms with van der Waals surface area (Å²) in [5.74, 6) is -1.63. The van der Waals surface area contributed by atoms with E-state index in [9.17, 15) is 19.2 Å². The average molecular weight is 478 g/mol. The normalized spacial score (nSPS) is 15.6. The van der Waals surface area contributed by atoms with Gasteiger partial charge in [0.2, 0.25) is 11.8 Å². The van der Waals surface area contributed by atoms with Crippen molar-refractivity contribution in [1.82, 2.24) is 9.88 Å². The molecule has 168 valence electrons. The molecule has 9 nitrogen and oxygen atoms in total. The summed E-state index contributed by atoms with van der Waals surface area (Å²) in [5, 5.41) is 2.68. The molecule has 2 aromatic rings. The standard InChI is InChI=1S/C21H20ClN3O6S/c1-11-7-14(15(30-3)8-13(11)22)24-17(26)10-31-21(29)12-5-4-6-23-19(12)32-16-9-18(27)25(2)20(16)28/h4-8,16H,9-10H2,1-3H3,(H,24,26). The smallest absolute Gasteiger partial charge is 0.341 e. The van der Waals surface area contributed by atoms with E-state index in [0.29, 0.717) is 16.5 Å². The van der Waals surface area contributed by atoms with Crippen molar-refractivity contribution in [3.63, 3.8) is 0 Å². The second-order valence-electron chi connectivity index (χ2n) is 6.88. The minimum atomic E-state index is -0.778. The summed E-state index contributed by atoms with van der Waals surface area (Å²) < 4.78 is 10.3. The van der Waals surface area contributed by atoms with Crippen LogP contribution in [-0.4, -0.2) is 59.6 Å². The molecule has 2 heterocycles.